The van der Waals surface area contributed by atoms with Crippen LogP contribution in [0, 0.1) is 5.92 Å². The van der Waals surface area contributed by atoms with Crippen LogP contribution in [0.15, 0.2) is 24.3 Å². The second-order valence-electron chi connectivity index (χ2n) is 6.73. The summed E-state index contributed by atoms with van der Waals surface area (Å²) in [6.45, 7) is 5.62. The smallest absolute Gasteiger partial charge is 0.228 e. The minimum absolute atomic E-state index is 0.0738. The highest BCUT2D eigenvalue weighted by molar-refractivity contribution is 7.89. The second-order valence-corrected chi connectivity index (χ2v) is 8.99. The zero-order valence-corrected chi connectivity index (χ0v) is 16.0. The third kappa shape index (κ3) is 4.55. The van der Waals surface area contributed by atoms with Gasteiger partial charge in [0.15, 0.2) is 0 Å². The number of hydrogen-bond donors (Lipinski definition) is 1. The first-order valence-corrected chi connectivity index (χ1v) is 10.8. The van der Waals surface area contributed by atoms with Crippen LogP contribution in [-0.2, 0) is 19.6 Å². The second kappa shape index (κ2) is 8.37. The number of rotatable bonds is 5. The van der Waals surface area contributed by atoms with E-state index in [4.69, 9.17) is 4.74 Å². The molecule has 2 aliphatic rings. The molecule has 3 rings (SSSR count). The first-order chi connectivity index (χ1) is 12.5. The first-order valence-electron chi connectivity index (χ1n) is 9.21. The molecule has 1 atom stereocenters. The molecule has 1 amide bonds. The number of nitrogens with one attached hydrogen (secondary N) is 1. The van der Waals surface area contributed by atoms with E-state index in [1.165, 1.54) is 4.31 Å². The number of piperidine rings is 1. The standard InChI is InChI=1S/C18H27N3O4S/c1-2-26(23,24)21-9-3-4-15(14-21)18(22)19-16-5-7-17(8-6-16)20-10-12-25-13-11-20/h5-8,15H,2-4,9-14H2,1H3,(H,19,22)/t15-/m1/s1. The third-order valence-electron chi connectivity index (χ3n) is 5.02. The minimum Gasteiger partial charge on any atom is -0.378 e. The number of benzene rings is 1. The molecule has 0 unspecified atom stereocenters. The van der Waals surface area contributed by atoms with Gasteiger partial charge in [-0.2, -0.15) is 0 Å². The number of ether oxygens (including phenoxy) is 1. The fraction of sp³-hybridized carbons (Fsp3) is 0.611. The van der Waals surface area contributed by atoms with Gasteiger partial charge >= 0.3 is 0 Å². The summed E-state index contributed by atoms with van der Waals surface area (Å²) in [5, 5.41) is 2.93. The van der Waals surface area contributed by atoms with Crippen LogP contribution in [0.1, 0.15) is 19.8 Å². The van der Waals surface area contributed by atoms with Gasteiger partial charge in [-0.05, 0) is 44.0 Å². The maximum absolute atomic E-state index is 12.6. The summed E-state index contributed by atoms with van der Waals surface area (Å²) in [6.07, 6.45) is 1.43. The topological polar surface area (TPSA) is 79.0 Å². The summed E-state index contributed by atoms with van der Waals surface area (Å²) in [7, 11) is -3.24. The van der Waals surface area contributed by atoms with Crippen LogP contribution >= 0.6 is 0 Å². The van der Waals surface area contributed by atoms with Crippen molar-refractivity contribution in [3.05, 3.63) is 24.3 Å². The summed E-state index contributed by atoms with van der Waals surface area (Å²) < 4.78 is 30.9. The van der Waals surface area contributed by atoms with Crippen molar-refractivity contribution in [1.82, 2.24) is 4.31 Å². The van der Waals surface area contributed by atoms with Crippen LogP contribution in [0.25, 0.3) is 0 Å². The molecule has 1 aromatic rings. The van der Waals surface area contributed by atoms with Crippen LogP contribution < -0.4 is 10.2 Å². The van der Waals surface area contributed by atoms with Gasteiger partial charge in [-0.15, -0.1) is 0 Å². The lowest BCUT2D eigenvalue weighted by Crippen LogP contribution is -2.44. The lowest BCUT2D eigenvalue weighted by Gasteiger charge is -2.31. The predicted octanol–water partition coefficient (Wildman–Crippen LogP) is 1.52. The number of carbonyl (C=O) groups is 1. The van der Waals surface area contributed by atoms with Crippen LogP contribution in [0.5, 0.6) is 0 Å². The normalized spacial score (nSPS) is 22.2. The molecule has 1 N–H and O–H groups in total. The molecular formula is C18H27N3O4S. The zero-order chi connectivity index (χ0) is 18.6. The van der Waals surface area contributed by atoms with Gasteiger partial charge in [-0.1, -0.05) is 0 Å². The van der Waals surface area contributed by atoms with Crippen molar-refractivity contribution in [2.75, 3.05) is 55.4 Å². The van der Waals surface area contributed by atoms with Gasteiger partial charge in [-0.25, -0.2) is 12.7 Å². The molecule has 144 valence electrons. The lowest BCUT2D eigenvalue weighted by atomic mass is 9.98. The SMILES string of the molecule is CCS(=O)(=O)N1CCC[C@@H](C(=O)Nc2ccc(N3CCOCC3)cc2)C1. The Morgan fingerprint density at radius 1 is 1.19 bits per heavy atom. The van der Waals surface area contributed by atoms with E-state index in [0.717, 1.165) is 37.7 Å². The predicted molar refractivity (Wildman–Crippen MR) is 102 cm³/mol. The van der Waals surface area contributed by atoms with E-state index in [0.29, 0.717) is 19.4 Å². The Bertz CT molecular complexity index is 714. The molecule has 26 heavy (non-hydrogen) atoms. The largest absolute Gasteiger partial charge is 0.378 e. The van der Waals surface area contributed by atoms with Gasteiger partial charge in [0.1, 0.15) is 0 Å². The van der Waals surface area contributed by atoms with Crippen molar-refractivity contribution >= 4 is 27.3 Å². The number of anilines is 2. The van der Waals surface area contributed by atoms with E-state index in [-0.39, 0.29) is 24.1 Å². The highest BCUT2D eigenvalue weighted by Gasteiger charge is 2.31. The van der Waals surface area contributed by atoms with Crippen molar-refractivity contribution in [1.29, 1.82) is 0 Å². The first kappa shape index (κ1) is 19.1. The van der Waals surface area contributed by atoms with E-state index in [1.807, 2.05) is 24.3 Å². The molecule has 0 saturated carbocycles. The van der Waals surface area contributed by atoms with E-state index >= 15 is 0 Å². The average Bonchev–Trinajstić information content (AvgIpc) is 2.69. The number of hydrogen-bond acceptors (Lipinski definition) is 5. The summed E-state index contributed by atoms with van der Waals surface area (Å²) >= 11 is 0. The Kier molecular flexibility index (Phi) is 6.16. The van der Waals surface area contributed by atoms with Gasteiger partial charge in [0, 0.05) is 37.6 Å². The number of amides is 1. The molecule has 0 aromatic heterocycles. The Hall–Kier alpha value is -1.64. The molecule has 2 heterocycles. The van der Waals surface area contributed by atoms with Crippen molar-refractivity contribution in [3.63, 3.8) is 0 Å². The zero-order valence-electron chi connectivity index (χ0n) is 15.2. The van der Waals surface area contributed by atoms with Crippen molar-refractivity contribution in [2.24, 2.45) is 5.92 Å². The maximum atomic E-state index is 12.6. The number of sulfonamides is 1. The van der Waals surface area contributed by atoms with Crippen LogP contribution in [0.3, 0.4) is 0 Å². The Balaban J connectivity index is 1.59. The molecule has 2 saturated heterocycles. The van der Waals surface area contributed by atoms with Crippen LogP contribution in [-0.4, -0.2) is 63.8 Å². The van der Waals surface area contributed by atoms with Crippen LogP contribution in [0.2, 0.25) is 0 Å². The van der Waals surface area contributed by atoms with E-state index < -0.39 is 10.0 Å². The maximum Gasteiger partial charge on any atom is 0.228 e. The van der Waals surface area contributed by atoms with Gasteiger partial charge < -0.3 is 15.0 Å². The quantitative estimate of drug-likeness (QED) is 0.837. The Morgan fingerprint density at radius 2 is 1.88 bits per heavy atom. The van der Waals surface area contributed by atoms with E-state index in [2.05, 4.69) is 10.2 Å². The molecular weight excluding hydrogens is 354 g/mol. The highest BCUT2D eigenvalue weighted by Crippen LogP contribution is 2.23. The molecule has 2 fully saturated rings. The lowest BCUT2D eigenvalue weighted by molar-refractivity contribution is -0.120. The molecule has 7 nitrogen and oxygen atoms in total. The third-order valence-corrected chi connectivity index (χ3v) is 6.87. The Morgan fingerprint density at radius 3 is 2.54 bits per heavy atom. The molecule has 0 spiro atoms. The summed E-state index contributed by atoms with van der Waals surface area (Å²) in [5.74, 6) is -0.339. The summed E-state index contributed by atoms with van der Waals surface area (Å²) in [6, 6.07) is 7.78. The fourth-order valence-electron chi connectivity index (χ4n) is 3.41. The van der Waals surface area contributed by atoms with Gasteiger partial charge in [0.2, 0.25) is 15.9 Å². The van der Waals surface area contributed by atoms with Gasteiger partial charge in [0.25, 0.3) is 0 Å². The van der Waals surface area contributed by atoms with Gasteiger partial charge in [-0.3, -0.25) is 4.79 Å². The molecule has 8 heteroatoms. The molecule has 2 aliphatic heterocycles. The molecule has 0 aliphatic carbocycles. The monoisotopic (exact) mass is 381 g/mol. The van der Waals surface area contributed by atoms with Gasteiger partial charge in [0.05, 0.1) is 24.9 Å². The summed E-state index contributed by atoms with van der Waals surface area (Å²) in [4.78, 5) is 14.8. The summed E-state index contributed by atoms with van der Waals surface area (Å²) in [5.41, 5.74) is 1.85. The number of carbonyl (C=O) groups excluding carboxylic acids is 1. The Labute approximate surface area is 155 Å². The van der Waals surface area contributed by atoms with E-state index in [1.54, 1.807) is 6.92 Å². The average molecular weight is 381 g/mol. The van der Waals surface area contributed by atoms with E-state index in [9.17, 15) is 13.2 Å². The number of morpholine rings is 1. The van der Waals surface area contributed by atoms with Crippen molar-refractivity contribution in [3.8, 4) is 0 Å². The van der Waals surface area contributed by atoms with Crippen molar-refractivity contribution in [2.45, 2.75) is 19.8 Å². The molecule has 0 radical (unpaired) electrons. The highest BCUT2D eigenvalue weighted by atomic mass is 32.2. The minimum atomic E-state index is -3.24. The number of nitrogens with zero attached hydrogens (tertiary/aromatic N) is 2. The molecule has 0 bridgehead atoms. The van der Waals surface area contributed by atoms with Crippen LogP contribution in [0.4, 0.5) is 11.4 Å². The fourth-order valence-corrected chi connectivity index (χ4v) is 4.59. The molecule has 1 aromatic carbocycles. The van der Waals surface area contributed by atoms with Crippen molar-refractivity contribution < 1.29 is 17.9 Å².